The Kier molecular flexibility index (Phi) is 3.51. The molecule has 0 fully saturated rings. The van der Waals surface area contributed by atoms with E-state index in [0.29, 0.717) is 5.69 Å². The average Bonchev–Trinajstić information content (AvgIpc) is 2.20. The van der Waals surface area contributed by atoms with Crippen LogP contribution in [0.4, 0.5) is 0 Å². The van der Waals surface area contributed by atoms with Crippen LogP contribution in [0.2, 0.25) is 0 Å². The van der Waals surface area contributed by atoms with Gasteiger partial charge in [0.1, 0.15) is 0 Å². The Morgan fingerprint density at radius 2 is 2.20 bits per heavy atom. The van der Waals surface area contributed by atoms with E-state index in [4.69, 9.17) is 6.42 Å². The third kappa shape index (κ3) is 2.38. The molecule has 0 unspecified atom stereocenters. The van der Waals surface area contributed by atoms with E-state index in [9.17, 15) is 4.79 Å². The van der Waals surface area contributed by atoms with Crippen LogP contribution in [-0.2, 0) is 0 Å². The van der Waals surface area contributed by atoms with E-state index < -0.39 is 0 Å². The van der Waals surface area contributed by atoms with E-state index >= 15 is 0 Å². The molecule has 1 heterocycles. The van der Waals surface area contributed by atoms with Crippen molar-refractivity contribution in [2.45, 2.75) is 26.7 Å². The number of hydrogen-bond acceptors (Lipinski definition) is 1. The first-order valence-corrected chi connectivity index (χ1v) is 4.96. The molecule has 0 aliphatic carbocycles. The van der Waals surface area contributed by atoms with Gasteiger partial charge < -0.3 is 4.98 Å². The standard InChI is InChI=1S/C13H15NO/c1-5-7-10-8-11(9(3)4)13(15)14-12(10)6-2/h2,5,7-9H,1,3-4H3,(H,14,15)/b7-5-. The summed E-state index contributed by atoms with van der Waals surface area (Å²) in [5, 5.41) is 0. The molecule has 1 aromatic rings. The van der Waals surface area contributed by atoms with Gasteiger partial charge in [0.2, 0.25) is 0 Å². The van der Waals surface area contributed by atoms with Crippen molar-refractivity contribution in [3.05, 3.63) is 39.3 Å². The van der Waals surface area contributed by atoms with E-state index in [2.05, 4.69) is 10.9 Å². The topological polar surface area (TPSA) is 32.9 Å². The Morgan fingerprint density at radius 3 is 2.67 bits per heavy atom. The smallest absolute Gasteiger partial charge is 0.252 e. The van der Waals surface area contributed by atoms with Gasteiger partial charge in [-0.1, -0.05) is 31.9 Å². The predicted octanol–water partition coefficient (Wildman–Crippen LogP) is 2.51. The van der Waals surface area contributed by atoms with Crippen molar-refractivity contribution in [3.63, 3.8) is 0 Å². The summed E-state index contributed by atoms with van der Waals surface area (Å²) in [7, 11) is 0. The molecule has 1 aromatic heterocycles. The second-order valence-corrected chi connectivity index (χ2v) is 3.68. The second kappa shape index (κ2) is 4.65. The molecule has 0 radical (unpaired) electrons. The molecule has 1 rings (SSSR count). The summed E-state index contributed by atoms with van der Waals surface area (Å²) < 4.78 is 0. The third-order valence-electron chi connectivity index (χ3n) is 2.21. The van der Waals surface area contributed by atoms with E-state index in [0.717, 1.165) is 11.1 Å². The fourth-order valence-corrected chi connectivity index (χ4v) is 1.42. The van der Waals surface area contributed by atoms with E-state index in [1.807, 2.05) is 39.0 Å². The van der Waals surface area contributed by atoms with Crippen LogP contribution < -0.4 is 5.56 Å². The molecule has 0 aromatic carbocycles. The third-order valence-corrected chi connectivity index (χ3v) is 2.21. The van der Waals surface area contributed by atoms with Gasteiger partial charge in [-0.3, -0.25) is 4.79 Å². The number of pyridine rings is 1. The summed E-state index contributed by atoms with van der Waals surface area (Å²) in [4.78, 5) is 14.3. The molecule has 0 saturated heterocycles. The Balaban J connectivity index is 3.45. The number of hydrogen-bond donors (Lipinski definition) is 1. The first kappa shape index (κ1) is 11.3. The molecule has 0 bridgehead atoms. The van der Waals surface area contributed by atoms with Gasteiger partial charge in [0, 0.05) is 11.1 Å². The zero-order valence-corrected chi connectivity index (χ0v) is 9.29. The van der Waals surface area contributed by atoms with Crippen LogP contribution in [0.3, 0.4) is 0 Å². The second-order valence-electron chi connectivity index (χ2n) is 3.68. The first-order chi connectivity index (χ1) is 7.10. The summed E-state index contributed by atoms with van der Waals surface area (Å²) in [5.74, 6) is 2.68. The zero-order valence-electron chi connectivity index (χ0n) is 9.29. The highest BCUT2D eigenvalue weighted by atomic mass is 16.1. The molecule has 1 N–H and O–H groups in total. The van der Waals surface area contributed by atoms with Gasteiger partial charge in [-0.2, -0.15) is 0 Å². The average molecular weight is 201 g/mol. The van der Waals surface area contributed by atoms with Crippen molar-refractivity contribution in [3.8, 4) is 12.3 Å². The van der Waals surface area contributed by atoms with Gasteiger partial charge in [0.25, 0.3) is 5.56 Å². The first-order valence-electron chi connectivity index (χ1n) is 4.96. The van der Waals surface area contributed by atoms with Crippen LogP contribution in [0, 0.1) is 12.3 Å². The summed E-state index contributed by atoms with van der Waals surface area (Å²) in [6.07, 6.45) is 9.12. The van der Waals surface area contributed by atoms with Crippen molar-refractivity contribution in [2.75, 3.05) is 0 Å². The van der Waals surface area contributed by atoms with Crippen LogP contribution in [0.5, 0.6) is 0 Å². The number of terminal acetylenes is 1. The molecule has 0 amide bonds. The monoisotopic (exact) mass is 201 g/mol. The SMILES string of the molecule is C#Cc1[nH]c(=O)c(C(C)C)cc1/C=C\C. The summed E-state index contributed by atoms with van der Waals surface area (Å²) in [6, 6.07) is 1.86. The minimum Gasteiger partial charge on any atom is -0.315 e. The van der Waals surface area contributed by atoms with Gasteiger partial charge in [-0.15, -0.1) is 6.42 Å². The van der Waals surface area contributed by atoms with Gasteiger partial charge in [0.15, 0.2) is 0 Å². The largest absolute Gasteiger partial charge is 0.315 e. The lowest BCUT2D eigenvalue weighted by Gasteiger charge is -2.06. The van der Waals surface area contributed by atoms with E-state index in [-0.39, 0.29) is 11.5 Å². The molecule has 0 saturated carbocycles. The maximum atomic E-state index is 11.6. The highest BCUT2D eigenvalue weighted by Crippen LogP contribution is 2.14. The number of aromatic amines is 1. The Bertz CT molecular complexity index is 472. The summed E-state index contributed by atoms with van der Waals surface area (Å²) in [5.41, 5.74) is 2.11. The molecule has 0 spiro atoms. The number of nitrogens with one attached hydrogen (secondary N) is 1. The molecule has 0 atom stereocenters. The molecule has 0 aliphatic heterocycles. The fourth-order valence-electron chi connectivity index (χ4n) is 1.42. The van der Waals surface area contributed by atoms with Crippen LogP contribution in [-0.4, -0.2) is 4.98 Å². The lowest BCUT2D eigenvalue weighted by molar-refractivity contribution is 0.842. The van der Waals surface area contributed by atoms with Crippen molar-refractivity contribution in [1.82, 2.24) is 4.98 Å². The lowest BCUT2D eigenvalue weighted by atomic mass is 10.0. The minimum absolute atomic E-state index is 0.0915. The maximum Gasteiger partial charge on any atom is 0.252 e. The quantitative estimate of drug-likeness (QED) is 0.733. The Morgan fingerprint density at radius 1 is 1.53 bits per heavy atom. The van der Waals surface area contributed by atoms with Gasteiger partial charge in [-0.05, 0) is 18.9 Å². The lowest BCUT2D eigenvalue weighted by Crippen LogP contribution is -2.15. The van der Waals surface area contributed by atoms with Crippen LogP contribution in [0.1, 0.15) is 43.5 Å². The van der Waals surface area contributed by atoms with Gasteiger partial charge in [0.05, 0.1) is 5.69 Å². The molecule has 2 nitrogen and oxygen atoms in total. The number of allylic oxidation sites excluding steroid dienone is 1. The maximum absolute atomic E-state index is 11.6. The summed E-state index contributed by atoms with van der Waals surface area (Å²) in [6.45, 7) is 5.89. The molecule has 0 aliphatic rings. The molecule has 15 heavy (non-hydrogen) atoms. The van der Waals surface area contributed by atoms with Crippen LogP contribution in [0.15, 0.2) is 16.9 Å². The molecular formula is C13H15NO. The van der Waals surface area contributed by atoms with Gasteiger partial charge in [-0.25, -0.2) is 0 Å². The number of rotatable bonds is 2. The van der Waals surface area contributed by atoms with Gasteiger partial charge >= 0.3 is 0 Å². The zero-order chi connectivity index (χ0) is 11.4. The van der Waals surface area contributed by atoms with Crippen molar-refractivity contribution in [2.24, 2.45) is 0 Å². The highest BCUT2D eigenvalue weighted by Gasteiger charge is 2.08. The minimum atomic E-state index is -0.0915. The normalized spacial score (nSPS) is 10.9. The number of aromatic nitrogens is 1. The molecule has 2 heteroatoms. The van der Waals surface area contributed by atoms with E-state index in [1.165, 1.54) is 0 Å². The summed E-state index contributed by atoms with van der Waals surface area (Å²) >= 11 is 0. The van der Waals surface area contributed by atoms with Crippen molar-refractivity contribution >= 4 is 6.08 Å². The van der Waals surface area contributed by atoms with Crippen LogP contribution >= 0.6 is 0 Å². The molecular weight excluding hydrogens is 186 g/mol. The van der Waals surface area contributed by atoms with Crippen molar-refractivity contribution < 1.29 is 0 Å². The van der Waals surface area contributed by atoms with E-state index in [1.54, 1.807) is 0 Å². The Hall–Kier alpha value is -1.75. The number of H-pyrrole nitrogens is 1. The highest BCUT2D eigenvalue weighted by molar-refractivity contribution is 5.56. The van der Waals surface area contributed by atoms with Crippen LogP contribution in [0.25, 0.3) is 6.08 Å². The Labute approximate surface area is 90.0 Å². The van der Waals surface area contributed by atoms with Crippen molar-refractivity contribution in [1.29, 1.82) is 0 Å². The predicted molar refractivity (Wildman–Crippen MR) is 63.8 cm³/mol. The fraction of sp³-hybridized carbons (Fsp3) is 0.308. The molecule has 78 valence electrons.